The number of allylic oxidation sites excluding steroid dienone is 1. The number of ether oxygens (including phenoxy) is 4. The lowest BCUT2D eigenvalue weighted by molar-refractivity contribution is -0.170. The van der Waals surface area contributed by atoms with E-state index in [2.05, 4.69) is 5.32 Å². The summed E-state index contributed by atoms with van der Waals surface area (Å²) in [6, 6.07) is 0. The Bertz CT molecular complexity index is 1830. The summed E-state index contributed by atoms with van der Waals surface area (Å²) < 4.78 is 24.2. The van der Waals surface area contributed by atoms with Gasteiger partial charge in [-0.05, 0) is 34.4 Å². The van der Waals surface area contributed by atoms with Gasteiger partial charge in [0.2, 0.25) is 11.7 Å². The predicted molar refractivity (Wildman–Crippen MR) is 218 cm³/mol. The number of fused-ring (bicyclic) bond motifs is 3. The molecule has 10 atom stereocenters. The summed E-state index contributed by atoms with van der Waals surface area (Å²) in [5.41, 5.74) is 1.08. The van der Waals surface area contributed by atoms with Crippen LogP contribution in [0.1, 0.15) is 104 Å². The molecule has 6 N–H and O–H groups in total. The van der Waals surface area contributed by atoms with Crippen molar-refractivity contribution in [3.8, 4) is 23.0 Å². The monoisotopic (exact) mass is 802 g/mol. The van der Waals surface area contributed by atoms with Crippen LogP contribution in [0.25, 0.3) is 10.8 Å². The third-order valence-corrected chi connectivity index (χ3v) is 11.6. The number of rotatable bonds is 19. The highest BCUT2D eigenvalue weighted by Crippen LogP contribution is 2.55. The van der Waals surface area contributed by atoms with Crippen LogP contribution in [0, 0.1) is 36.5 Å². The number of nitrogens with one attached hydrogen (secondary N) is 1. The number of hydrogen-bond donors (Lipinski definition) is 6. The van der Waals surface area contributed by atoms with Gasteiger partial charge in [0, 0.05) is 80.0 Å². The van der Waals surface area contributed by atoms with Gasteiger partial charge in [-0.15, -0.1) is 0 Å². The minimum Gasteiger partial charge on any atom is -0.507 e. The fourth-order valence-electron chi connectivity index (χ4n) is 8.11. The maximum atomic E-state index is 14.4. The van der Waals surface area contributed by atoms with Crippen molar-refractivity contribution in [2.24, 2.45) is 29.6 Å². The van der Waals surface area contributed by atoms with Gasteiger partial charge in [-0.25, -0.2) is 0 Å². The Kier molecular flexibility index (Phi) is 16.0. The van der Waals surface area contributed by atoms with Crippen molar-refractivity contribution in [1.82, 2.24) is 4.90 Å². The standard InChI is InChI=1S/C43H66N2O12/c1-15-17-20(3)22(5)34(48)23(6)35(49)24(7)40(56-27(10)46)26(9)39(54-14)21(4)19-55-43(11)42(53)32-30-31(36(50)25(8)41(32)57-43)38(52)33(44-29(47)16-2)28(37(30)51)18-45(12)13/h17,21-24,26,34-35,39-40,48-52H,15-16,18-19H2,1-14H3,(H,44,47)/b20-17+. The predicted octanol–water partition coefficient (Wildman–Crippen LogP) is 6.19. The van der Waals surface area contributed by atoms with E-state index < -0.39 is 88.8 Å². The van der Waals surface area contributed by atoms with Crippen LogP contribution in [0.5, 0.6) is 23.0 Å². The van der Waals surface area contributed by atoms with Gasteiger partial charge in [-0.1, -0.05) is 60.1 Å². The van der Waals surface area contributed by atoms with Gasteiger partial charge in [0.05, 0.1) is 41.6 Å². The summed E-state index contributed by atoms with van der Waals surface area (Å²) in [5.74, 6) is -7.33. The van der Waals surface area contributed by atoms with Gasteiger partial charge in [0.15, 0.2) is 5.75 Å². The Balaban J connectivity index is 1.97. The first kappa shape index (κ1) is 47.4. The quantitative estimate of drug-likeness (QED) is 0.0407. The second kappa shape index (κ2) is 19.2. The van der Waals surface area contributed by atoms with E-state index in [1.165, 1.54) is 27.9 Å². The number of aliphatic hydroxyl groups excluding tert-OH is 2. The van der Waals surface area contributed by atoms with E-state index in [9.17, 15) is 39.9 Å². The summed E-state index contributed by atoms with van der Waals surface area (Å²) in [6.07, 6.45) is -0.397. The molecule has 0 fully saturated rings. The highest BCUT2D eigenvalue weighted by atomic mass is 16.7. The van der Waals surface area contributed by atoms with Crippen molar-refractivity contribution in [3.05, 3.63) is 28.3 Å². The zero-order valence-corrected chi connectivity index (χ0v) is 36.1. The normalized spacial score (nSPS) is 20.6. The molecule has 14 nitrogen and oxygen atoms in total. The Hall–Kier alpha value is -3.95. The number of anilines is 1. The zero-order chi connectivity index (χ0) is 43.4. The molecule has 0 bridgehead atoms. The number of amides is 1. The van der Waals surface area contributed by atoms with Crippen LogP contribution in [0.2, 0.25) is 0 Å². The molecule has 0 aliphatic carbocycles. The van der Waals surface area contributed by atoms with Gasteiger partial charge < -0.3 is 54.7 Å². The fraction of sp³-hybridized carbons (Fsp3) is 0.651. The van der Waals surface area contributed by atoms with Gasteiger partial charge in [-0.3, -0.25) is 14.4 Å². The molecule has 0 aromatic heterocycles. The number of aliphatic hydroxyl groups is 2. The lowest BCUT2D eigenvalue weighted by atomic mass is 9.76. The van der Waals surface area contributed by atoms with E-state index in [1.54, 1.807) is 39.8 Å². The number of esters is 1. The van der Waals surface area contributed by atoms with E-state index in [0.717, 1.165) is 12.0 Å². The smallest absolute Gasteiger partial charge is 0.302 e. The number of Topliss-reactive ketones (excluding diaryl/α,β-unsaturated/α-hetero) is 1. The molecule has 0 saturated heterocycles. The molecule has 0 spiro atoms. The third kappa shape index (κ3) is 9.68. The van der Waals surface area contributed by atoms with Gasteiger partial charge in [0.1, 0.15) is 23.4 Å². The Morgan fingerprint density at radius 3 is 2.05 bits per heavy atom. The summed E-state index contributed by atoms with van der Waals surface area (Å²) in [4.78, 5) is 41.0. The van der Waals surface area contributed by atoms with Crippen LogP contribution in [0.15, 0.2) is 11.6 Å². The summed E-state index contributed by atoms with van der Waals surface area (Å²) in [5, 5.41) is 59.7. The maximum absolute atomic E-state index is 14.4. The molecule has 14 heteroatoms. The third-order valence-electron chi connectivity index (χ3n) is 11.6. The summed E-state index contributed by atoms with van der Waals surface area (Å²) in [6.45, 7) is 18.9. The average Bonchev–Trinajstić information content (AvgIpc) is 3.42. The number of phenols is 3. The van der Waals surface area contributed by atoms with E-state index in [4.69, 9.17) is 18.9 Å². The van der Waals surface area contributed by atoms with Crippen LogP contribution in [0.3, 0.4) is 0 Å². The molecule has 10 unspecified atom stereocenters. The second-order valence-electron chi connectivity index (χ2n) is 16.3. The highest BCUT2D eigenvalue weighted by Gasteiger charge is 2.50. The molecule has 57 heavy (non-hydrogen) atoms. The minimum atomic E-state index is -1.94. The van der Waals surface area contributed by atoms with Crippen molar-refractivity contribution in [2.75, 3.05) is 33.1 Å². The molecule has 0 saturated carbocycles. The largest absolute Gasteiger partial charge is 0.507 e. The molecule has 1 aliphatic rings. The number of nitrogens with zero attached hydrogens (tertiary/aromatic N) is 1. The molecule has 2 aromatic carbocycles. The highest BCUT2D eigenvalue weighted by molar-refractivity contribution is 6.21. The van der Waals surface area contributed by atoms with Crippen LogP contribution in [-0.4, -0.2) is 106 Å². The first-order valence-electron chi connectivity index (χ1n) is 19.8. The topological polar surface area (TPSA) is 205 Å². The number of hydrogen-bond acceptors (Lipinski definition) is 13. The number of ketones is 1. The number of carbonyl (C=O) groups is 3. The molecule has 3 rings (SSSR count). The molecule has 1 heterocycles. The first-order valence-corrected chi connectivity index (χ1v) is 19.8. The molecule has 1 aliphatic heterocycles. The lowest BCUT2D eigenvalue weighted by Gasteiger charge is -2.40. The molecular formula is C43H66N2O12. The van der Waals surface area contributed by atoms with Crippen LogP contribution < -0.4 is 10.1 Å². The molecule has 2 aromatic rings. The number of benzene rings is 2. The molecule has 320 valence electrons. The minimum absolute atomic E-state index is 0.0311. The summed E-state index contributed by atoms with van der Waals surface area (Å²) >= 11 is 0. The van der Waals surface area contributed by atoms with Crippen molar-refractivity contribution in [2.45, 2.75) is 126 Å². The van der Waals surface area contributed by atoms with E-state index >= 15 is 0 Å². The SMILES string of the molecule is CC/C=C(\C)C(C)C(O)C(C)C(O)C(C)C(OC(C)=O)C(C)C(OC)C(C)COC1(C)Oc2c(C)c(O)c3c(O)c(NC(=O)CC)c(CN(C)C)c(O)c3c2C1=O. The zero-order valence-electron chi connectivity index (χ0n) is 36.1. The van der Waals surface area contributed by atoms with Crippen molar-refractivity contribution in [3.63, 3.8) is 0 Å². The number of phenolic OH excluding ortho intramolecular Hbond substituents is 3. The van der Waals surface area contributed by atoms with Crippen molar-refractivity contribution >= 4 is 34.1 Å². The van der Waals surface area contributed by atoms with Gasteiger partial charge in [-0.2, -0.15) is 0 Å². The van der Waals surface area contributed by atoms with Crippen molar-refractivity contribution in [1.29, 1.82) is 0 Å². The Morgan fingerprint density at radius 1 is 0.912 bits per heavy atom. The second-order valence-corrected chi connectivity index (χ2v) is 16.3. The fourth-order valence-corrected chi connectivity index (χ4v) is 8.11. The average molecular weight is 803 g/mol. The maximum Gasteiger partial charge on any atom is 0.302 e. The number of aromatic hydroxyl groups is 3. The van der Waals surface area contributed by atoms with Crippen molar-refractivity contribution < 1.29 is 58.9 Å². The molecule has 0 radical (unpaired) electrons. The first-order chi connectivity index (χ1) is 26.5. The number of methoxy groups -OCH3 is 1. The van der Waals surface area contributed by atoms with Crippen LogP contribution >= 0.6 is 0 Å². The van der Waals surface area contributed by atoms with Crippen LogP contribution in [0.4, 0.5) is 5.69 Å². The Labute approximate surface area is 337 Å². The van der Waals surface area contributed by atoms with Gasteiger partial charge in [0.25, 0.3) is 5.79 Å². The molecule has 1 amide bonds. The van der Waals surface area contributed by atoms with E-state index in [-0.39, 0.29) is 64.4 Å². The molecular weight excluding hydrogens is 736 g/mol. The Morgan fingerprint density at radius 2 is 1.53 bits per heavy atom. The van der Waals surface area contributed by atoms with E-state index in [0.29, 0.717) is 0 Å². The lowest BCUT2D eigenvalue weighted by Crippen LogP contribution is -2.49. The summed E-state index contributed by atoms with van der Waals surface area (Å²) in [7, 11) is 4.97. The number of carbonyl (C=O) groups excluding carboxylic acids is 3. The van der Waals surface area contributed by atoms with Crippen LogP contribution in [-0.2, 0) is 30.3 Å². The van der Waals surface area contributed by atoms with Gasteiger partial charge >= 0.3 is 5.97 Å². The van der Waals surface area contributed by atoms with E-state index in [1.807, 2.05) is 40.7 Å².